The van der Waals surface area contributed by atoms with E-state index in [4.69, 9.17) is 4.98 Å². The molecular formula is C23H25N5. The van der Waals surface area contributed by atoms with Crippen molar-refractivity contribution in [1.82, 2.24) is 14.7 Å². The number of benzene rings is 1. The molecule has 5 nitrogen and oxygen atoms in total. The van der Waals surface area contributed by atoms with E-state index < -0.39 is 0 Å². The molecule has 1 N–H and O–H groups in total. The Labute approximate surface area is 165 Å². The summed E-state index contributed by atoms with van der Waals surface area (Å²) in [6.07, 6.45) is 1.99. The molecule has 2 fully saturated rings. The summed E-state index contributed by atoms with van der Waals surface area (Å²) in [7, 11) is 0. The van der Waals surface area contributed by atoms with E-state index in [1.54, 1.807) is 0 Å². The molecule has 0 spiro atoms. The number of pyridine rings is 1. The van der Waals surface area contributed by atoms with E-state index >= 15 is 0 Å². The van der Waals surface area contributed by atoms with Crippen LogP contribution < -0.4 is 10.2 Å². The highest BCUT2D eigenvalue weighted by Crippen LogP contribution is 2.46. The van der Waals surface area contributed by atoms with Crippen LogP contribution in [0.2, 0.25) is 0 Å². The average molecular weight is 371 g/mol. The van der Waals surface area contributed by atoms with Crippen LogP contribution in [-0.2, 0) is 12.8 Å². The lowest BCUT2D eigenvalue weighted by Gasteiger charge is -2.25. The summed E-state index contributed by atoms with van der Waals surface area (Å²) in [5, 5.41) is 13.6. The molecular weight excluding hydrogens is 346 g/mol. The fourth-order valence-electron chi connectivity index (χ4n) is 5.84. The van der Waals surface area contributed by atoms with Crippen molar-refractivity contribution in [3.05, 3.63) is 41.0 Å². The fraction of sp³-hybridized carbons (Fsp3) is 0.478. The Hall–Kier alpha value is -2.58. The standard InChI is InChI=1S/C23H25N5/c1-23(2)7-16-17(8-23)22(27-12-14-10-25-11-15(14)13-27)28-20-6-4-3-5-19(20)26-21(28)18(16)9-24/h3-6,14-15,25H,7-8,10-13H2,1-2H3/t14-,15-/m1/s1. The maximum atomic E-state index is 10.1. The molecule has 2 atom stereocenters. The van der Waals surface area contributed by atoms with E-state index in [1.807, 2.05) is 6.07 Å². The molecule has 4 heterocycles. The van der Waals surface area contributed by atoms with Gasteiger partial charge >= 0.3 is 0 Å². The van der Waals surface area contributed by atoms with Crippen molar-refractivity contribution < 1.29 is 0 Å². The Kier molecular flexibility index (Phi) is 3.21. The van der Waals surface area contributed by atoms with Gasteiger partial charge in [-0.15, -0.1) is 0 Å². The number of hydrogen-bond acceptors (Lipinski definition) is 4. The molecule has 3 aliphatic rings. The molecule has 0 saturated carbocycles. The van der Waals surface area contributed by atoms with Gasteiger partial charge in [0.2, 0.25) is 0 Å². The number of nitrogens with zero attached hydrogens (tertiary/aromatic N) is 4. The van der Waals surface area contributed by atoms with E-state index in [1.165, 1.54) is 16.9 Å². The first-order valence-electron chi connectivity index (χ1n) is 10.4. The van der Waals surface area contributed by atoms with Crippen molar-refractivity contribution in [1.29, 1.82) is 5.26 Å². The summed E-state index contributed by atoms with van der Waals surface area (Å²) in [6, 6.07) is 10.8. The van der Waals surface area contributed by atoms with Crippen LogP contribution >= 0.6 is 0 Å². The smallest absolute Gasteiger partial charge is 0.157 e. The minimum atomic E-state index is 0.189. The Morgan fingerprint density at radius 2 is 1.82 bits per heavy atom. The van der Waals surface area contributed by atoms with Crippen molar-refractivity contribution in [2.45, 2.75) is 26.7 Å². The molecule has 3 aromatic rings. The summed E-state index contributed by atoms with van der Waals surface area (Å²) < 4.78 is 2.29. The largest absolute Gasteiger partial charge is 0.357 e. The van der Waals surface area contributed by atoms with Gasteiger partial charge in [-0.1, -0.05) is 26.0 Å². The van der Waals surface area contributed by atoms with Crippen LogP contribution in [-0.4, -0.2) is 35.6 Å². The van der Waals surface area contributed by atoms with E-state index in [0.29, 0.717) is 0 Å². The molecule has 0 radical (unpaired) electrons. The molecule has 28 heavy (non-hydrogen) atoms. The molecule has 0 amide bonds. The zero-order valence-corrected chi connectivity index (χ0v) is 16.5. The summed E-state index contributed by atoms with van der Waals surface area (Å²) in [6.45, 7) is 9.08. The van der Waals surface area contributed by atoms with Crippen molar-refractivity contribution in [3.8, 4) is 6.07 Å². The lowest BCUT2D eigenvalue weighted by atomic mass is 9.90. The molecule has 2 saturated heterocycles. The topological polar surface area (TPSA) is 56.4 Å². The third-order valence-electron chi connectivity index (χ3n) is 7.04. The SMILES string of the molecule is CC1(C)Cc2c(c(N3C[C@H]4CNC[C@@H]4C3)n3c(nc4ccccc43)c2C#N)C1. The van der Waals surface area contributed by atoms with Gasteiger partial charge in [0.15, 0.2) is 5.65 Å². The lowest BCUT2D eigenvalue weighted by Crippen LogP contribution is -2.28. The van der Waals surface area contributed by atoms with Gasteiger partial charge in [0.05, 0.1) is 16.6 Å². The molecule has 5 heteroatoms. The number of rotatable bonds is 1. The van der Waals surface area contributed by atoms with E-state index in [0.717, 1.165) is 73.1 Å². The van der Waals surface area contributed by atoms with Gasteiger partial charge in [-0.3, -0.25) is 4.40 Å². The van der Waals surface area contributed by atoms with Gasteiger partial charge in [0, 0.05) is 26.2 Å². The van der Waals surface area contributed by atoms with Gasteiger partial charge in [-0.25, -0.2) is 4.98 Å². The summed E-state index contributed by atoms with van der Waals surface area (Å²) in [5.41, 5.74) is 6.52. The Morgan fingerprint density at radius 3 is 2.57 bits per heavy atom. The second kappa shape index (κ2) is 5.48. The molecule has 2 aromatic heterocycles. The van der Waals surface area contributed by atoms with Crippen LogP contribution in [0.15, 0.2) is 24.3 Å². The second-order valence-electron chi connectivity index (χ2n) is 9.63. The van der Waals surface area contributed by atoms with E-state index in [-0.39, 0.29) is 5.41 Å². The number of aromatic nitrogens is 2. The number of fused-ring (bicyclic) bond motifs is 5. The number of anilines is 1. The van der Waals surface area contributed by atoms with E-state index in [2.05, 4.69) is 52.7 Å². The van der Waals surface area contributed by atoms with Gasteiger partial charge in [-0.2, -0.15) is 5.26 Å². The maximum Gasteiger partial charge on any atom is 0.157 e. The van der Waals surface area contributed by atoms with Gasteiger partial charge in [-0.05, 0) is 53.4 Å². The van der Waals surface area contributed by atoms with Crippen molar-refractivity contribution in [3.63, 3.8) is 0 Å². The third-order valence-corrected chi connectivity index (χ3v) is 7.04. The van der Waals surface area contributed by atoms with E-state index in [9.17, 15) is 5.26 Å². The van der Waals surface area contributed by atoms with Crippen LogP contribution in [0, 0.1) is 28.6 Å². The quantitative estimate of drug-likeness (QED) is 0.714. The van der Waals surface area contributed by atoms with Gasteiger partial charge in [0.25, 0.3) is 0 Å². The molecule has 6 rings (SSSR count). The predicted molar refractivity (Wildman–Crippen MR) is 111 cm³/mol. The maximum absolute atomic E-state index is 10.1. The first kappa shape index (κ1) is 16.4. The van der Waals surface area contributed by atoms with Crippen molar-refractivity contribution in [2.24, 2.45) is 17.3 Å². The normalized spacial score (nSPS) is 25.4. The molecule has 1 aromatic carbocycles. The minimum absolute atomic E-state index is 0.189. The summed E-state index contributed by atoms with van der Waals surface area (Å²) in [5.74, 6) is 2.76. The van der Waals surface area contributed by atoms with Crippen molar-refractivity contribution >= 4 is 22.5 Å². The molecule has 1 aliphatic carbocycles. The number of nitriles is 1. The number of para-hydroxylation sites is 2. The third kappa shape index (κ3) is 2.13. The minimum Gasteiger partial charge on any atom is -0.357 e. The average Bonchev–Trinajstić information content (AvgIpc) is 3.39. The number of nitrogens with one attached hydrogen (secondary N) is 1. The van der Waals surface area contributed by atoms with Crippen LogP contribution in [0.1, 0.15) is 30.5 Å². The fourth-order valence-corrected chi connectivity index (χ4v) is 5.84. The van der Waals surface area contributed by atoms with Crippen LogP contribution in [0.25, 0.3) is 16.7 Å². The Balaban J connectivity index is 1.69. The molecule has 2 aliphatic heterocycles. The Morgan fingerprint density at radius 1 is 1.11 bits per heavy atom. The van der Waals surface area contributed by atoms with Crippen LogP contribution in [0.5, 0.6) is 0 Å². The van der Waals surface area contributed by atoms with Crippen LogP contribution in [0.3, 0.4) is 0 Å². The zero-order chi connectivity index (χ0) is 19.0. The van der Waals surface area contributed by atoms with Crippen LogP contribution in [0.4, 0.5) is 5.82 Å². The monoisotopic (exact) mass is 371 g/mol. The predicted octanol–water partition coefficient (Wildman–Crippen LogP) is 3.14. The lowest BCUT2D eigenvalue weighted by molar-refractivity contribution is 0.392. The zero-order valence-electron chi connectivity index (χ0n) is 16.5. The number of hydrogen-bond donors (Lipinski definition) is 1. The summed E-state index contributed by atoms with van der Waals surface area (Å²) >= 11 is 0. The second-order valence-corrected chi connectivity index (χ2v) is 9.63. The summed E-state index contributed by atoms with van der Waals surface area (Å²) in [4.78, 5) is 7.51. The van der Waals surface area contributed by atoms with Gasteiger partial charge < -0.3 is 10.2 Å². The highest BCUT2D eigenvalue weighted by Gasteiger charge is 2.41. The Bertz CT molecular complexity index is 1150. The van der Waals surface area contributed by atoms with Gasteiger partial charge in [0.1, 0.15) is 11.9 Å². The molecule has 0 unspecified atom stereocenters. The molecule has 0 bridgehead atoms. The highest BCUT2D eigenvalue weighted by molar-refractivity contribution is 5.87. The molecule has 142 valence electrons. The van der Waals surface area contributed by atoms with Crippen molar-refractivity contribution in [2.75, 3.05) is 31.1 Å². The first-order chi connectivity index (χ1) is 13.6. The number of imidazole rings is 1. The first-order valence-corrected chi connectivity index (χ1v) is 10.4. The highest BCUT2D eigenvalue weighted by atomic mass is 15.3.